The minimum atomic E-state index is -0.252. The van der Waals surface area contributed by atoms with Crippen molar-refractivity contribution >= 4 is 5.91 Å². The first-order valence-corrected chi connectivity index (χ1v) is 10.7. The van der Waals surface area contributed by atoms with Crippen molar-refractivity contribution in [1.82, 2.24) is 14.8 Å². The fourth-order valence-electron chi connectivity index (χ4n) is 4.57. The summed E-state index contributed by atoms with van der Waals surface area (Å²) >= 11 is 0. The van der Waals surface area contributed by atoms with Gasteiger partial charge in [0.2, 0.25) is 0 Å². The number of aryl methyl sites for hydroxylation is 1. The molecule has 1 saturated carbocycles. The van der Waals surface area contributed by atoms with E-state index in [1.807, 2.05) is 0 Å². The largest absolute Gasteiger partial charge is 0.352 e. The van der Waals surface area contributed by atoms with Gasteiger partial charge in [-0.15, -0.1) is 0 Å². The Morgan fingerprint density at radius 2 is 1.89 bits per heavy atom. The molecule has 1 spiro atoms. The summed E-state index contributed by atoms with van der Waals surface area (Å²) in [6.45, 7) is 9.22. The van der Waals surface area contributed by atoms with Gasteiger partial charge in [0.25, 0.3) is 11.5 Å². The van der Waals surface area contributed by atoms with Crippen molar-refractivity contribution in [3.8, 4) is 0 Å². The molecule has 0 radical (unpaired) electrons. The third-order valence-electron chi connectivity index (χ3n) is 6.18. The van der Waals surface area contributed by atoms with E-state index < -0.39 is 0 Å². The van der Waals surface area contributed by atoms with Crippen LogP contribution in [0.4, 0.5) is 0 Å². The van der Waals surface area contributed by atoms with Crippen LogP contribution in [0.15, 0.2) is 23.1 Å². The Kier molecular flexibility index (Phi) is 6.74. The minimum Gasteiger partial charge on any atom is -0.352 e. The summed E-state index contributed by atoms with van der Waals surface area (Å²) in [5.74, 6) is 0.283. The van der Waals surface area contributed by atoms with Crippen molar-refractivity contribution < 1.29 is 4.79 Å². The molecule has 5 heteroatoms. The van der Waals surface area contributed by atoms with Gasteiger partial charge in [0.1, 0.15) is 5.56 Å². The van der Waals surface area contributed by atoms with Crippen molar-refractivity contribution in [2.45, 2.75) is 65.3 Å². The van der Waals surface area contributed by atoms with Crippen molar-refractivity contribution in [2.75, 3.05) is 26.2 Å². The molecule has 1 N–H and O–H groups in total. The lowest BCUT2D eigenvalue weighted by atomic mass is 9.78. The molecular weight excluding hydrogens is 338 g/mol. The summed E-state index contributed by atoms with van der Waals surface area (Å²) in [4.78, 5) is 27.4. The SMILES string of the molecule is CC(C)CCNC(=O)c1cccn(CCCCN2CC3(CCCC3)C2)c1=O. The average Bonchev–Trinajstić information content (AvgIpc) is 3.08. The van der Waals surface area contributed by atoms with E-state index in [1.54, 1.807) is 22.9 Å². The van der Waals surface area contributed by atoms with Gasteiger partial charge in [0.05, 0.1) is 0 Å². The van der Waals surface area contributed by atoms with Gasteiger partial charge in [-0.25, -0.2) is 0 Å². The Morgan fingerprint density at radius 1 is 1.19 bits per heavy atom. The first-order chi connectivity index (χ1) is 13.0. The molecule has 0 bridgehead atoms. The standard InChI is InChI=1S/C22H35N3O2/c1-18(2)9-12-23-20(26)19-8-7-15-25(21(19)27)14-6-5-13-24-16-22(17-24)10-3-4-11-22/h7-8,15,18H,3-6,9-14,16-17H2,1-2H3,(H,23,26). The molecule has 1 saturated heterocycles. The molecule has 2 aliphatic rings. The normalized spacial score (nSPS) is 18.8. The first kappa shape index (κ1) is 20.1. The number of aromatic nitrogens is 1. The van der Waals surface area contributed by atoms with Crippen LogP contribution < -0.4 is 10.9 Å². The lowest BCUT2D eigenvalue weighted by Crippen LogP contribution is -2.54. The van der Waals surface area contributed by atoms with E-state index >= 15 is 0 Å². The molecule has 0 unspecified atom stereocenters. The molecule has 150 valence electrons. The van der Waals surface area contributed by atoms with Crippen molar-refractivity contribution in [3.05, 3.63) is 34.2 Å². The van der Waals surface area contributed by atoms with Crippen LogP contribution in [0.5, 0.6) is 0 Å². The van der Waals surface area contributed by atoms with Gasteiger partial charge in [-0.3, -0.25) is 9.59 Å². The maximum atomic E-state index is 12.6. The maximum absolute atomic E-state index is 12.6. The predicted molar refractivity (Wildman–Crippen MR) is 109 cm³/mol. The fraction of sp³-hybridized carbons (Fsp3) is 0.727. The van der Waals surface area contributed by atoms with E-state index in [-0.39, 0.29) is 17.0 Å². The fourth-order valence-corrected chi connectivity index (χ4v) is 4.57. The number of hydrogen-bond acceptors (Lipinski definition) is 3. The molecular formula is C22H35N3O2. The Bertz CT molecular complexity index is 681. The lowest BCUT2D eigenvalue weighted by molar-refractivity contribution is 0.00512. The number of likely N-dealkylation sites (tertiary alicyclic amines) is 1. The Hall–Kier alpha value is -1.62. The van der Waals surface area contributed by atoms with Gasteiger partial charge in [-0.05, 0) is 62.1 Å². The highest BCUT2D eigenvalue weighted by Crippen LogP contribution is 2.45. The highest BCUT2D eigenvalue weighted by molar-refractivity contribution is 5.93. The minimum absolute atomic E-state index is 0.173. The Morgan fingerprint density at radius 3 is 2.59 bits per heavy atom. The summed E-state index contributed by atoms with van der Waals surface area (Å²) in [5.41, 5.74) is 0.745. The Balaban J connectivity index is 1.41. The van der Waals surface area contributed by atoms with Crippen LogP contribution in [0.2, 0.25) is 0 Å². The molecule has 1 aliphatic carbocycles. The van der Waals surface area contributed by atoms with Gasteiger partial charge in [0.15, 0.2) is 0 Å². The molecule has 2 heterocycles. The molecule has 1 aromatic heterocycles. The summed E-state index contributed by atoms with van der Waals surface area (Å²) in [6, 6.07) is 3.43. The van der Waals surface area contributed by atoms with E-state index in [2.05, 4.69) is 24.1 Å². The summed E-state index contributed by atoms with van der Waals surface area (Å²) in [5, 5.41) is 2.86. The highest BCUT2D eigenvalue weighted by atomic mass is 16.2. The van der Waals surface area contributed by atoms with Crippen LogP contribution in [0.1, 0.15) is 69.2 Å². The van der Waals surface area contributed by atoms with E-state index in [0.29, 0.717) is 24.4 Å². The number of nitrogens with one attached hydrogen (secondary N) is 1. The number of unbranched alkanes of at least 4 members (excludes halogenated alkanes) is 1. The van der Waals surface area contributed by atoms with Gasteiger partial charge in [-0.2, -0.15) is 0 Å². The third kappa shape index (κ3) is 5.22. The summed E-state index contributed by atoms with van der Waals surface area (Å²) in [6.07, 6.45) is 10.5. The van der Waals surface area contributed by atoms with Crippen LogP contribution in [-0.4, -0.2) is 41.6 Å². The zero-order chi connectivity index (χ0) is 19.3. The predicted octanol–water partition coefficient (Wildman–Crippen LogP) is 3.28. The second-order valence-electron chi connectivity index (χ2n) is 8.98. The molecule has 5 nitrogen and oxygen atoms in total. The van der Waals surface area contributed by atoms with Crippen LogP contribution in [-0.2, 0) is 6.54 Å². The number of pyridine rings is 1. The number of carbonyl (C=O) groups excluding carboxylic acids is 1. The first-order valence-electron chi connectivity index (χ1n) is 10.7. The topological polar surface area (TPSA) is 54.3 Å². The quantitative estimate of drug-likeness (QED) is 0.676. The number of amides is 1. The molecule has 0 atom stereocenters. The van der Waals surface area contributed by atoms with Gasteiger partial charge in [0, 0.05) is 32.4 Å². The maximum Gasteiger partial charge on any atom is 0.263 e. The second kappa shape index (κ2) is 9.05. The van der Waals surface area contributed by atoms with Gasteiger partial charge < -0.3 is 14.8 Å². The van der Waals surface area contributed by atoms with E-state index in [9.17, 15) is 9.59 Å². The average molecular weight is 374 g/mol. The van der Waals surface area contributed by atoms with E-state index in [4.69, 9.17) is 0 Å². The van der Waals surface area contributed by atoms with Crippen LogP contribution >= 0.6 is 0 Å². The number of carbonyl (C=O) groups is 1. The van der Waals surface area contributed by atoms with Crippen molar-refractivity contribution in [1.29, 1.82) is 0 Å². The lowest BCUT2D eigenvalue weighted by Gasteiger charge is -2.48. The molecule has 0 aromatic carbocycles. The number of rotatable bonds is 9. The number of hydrogen-bond donors (Lipinski definition) is 1. The zero-order valence-electron chi connectivity index (χ0n) is 17.0. The smallest absolute Gasteiger partial charge is 0.263 e. The zero-order valence-corrected chi connectivity index (χ0v) is 17.0. The molecule has 2 fully saturated rings. The summed E-state index contributed by atoms with van der Waals surface area (Å²) in [7, 11) is 0. The molecule has 1 amide bonds. The monoisotopic (exact) mass is 373 g/mol. The van der Waals surface area contributed by atoms with Crippen molar-refractivity contribution in [2.24, 2.45) is 11.3 Å². The third-order valence-corrected chi connectivity index (χ3v) is 6.18. The van der Waals surface area contributed by atoms with E-state index in [0.717, 1.165) is 25.8 Å². The number of nitrogens with zero attached hydrogens (tertiary/aromatic N) is 2. The second-order valence-corrected chi connectivity index (χ2v) is 8.98. The van der Waals surface area contributed by atoms with Crippen LogP contribution in [0.3, 0.4) is 0 Å². The van der Waals surface area contributed by atoms with E-state index in [1.165, 1.54) is 38.8 Å². The molecule has 27 heavy (non-hydrogen) atoms. The highest BCUT2D eigenvalue weighted by Gasteiger charge is 2.43. The molecule has 3 rings (SSSR count). The van der Waals surface area contributed by atoms with Gasteiger partial charge >= 0.3 is 0 Å². The Labute approximate surface area is 163 Å². The van der Waals surface area contributed by atoms with Crippen LogP contribution in [0, 0.1) is 11.3 Å². The van der Waals surface area contributed by atoms with Crippen molar-refractivity contribution in [3.63, 3.8) is 0 Å². The summed E-state index contributed by atoms with van der Waals surface area (Å²) < 4.78 is 1.69. The molecule has 1 aromatic rings. The molecule has 1 aliphatic heterocycles. The van der Waals surface area contributed by atoms with Gasteiger partial charge in [-0.1, -0.05) is 26.7 Å². The van der Waals surface area contributed by atoms with Crippen LogP contribution in [0.25, 0.3) is 0 Å².